The number of aromatic nitrogens is 2. The number of rotatable bonds is 5. The van der Waals surface area contributed by atoms with Gasteiger partial charge in [0, 0.05) is 0 Å². The Morgan fingerprint density at radius 2 is 2.14 bits per heavy atom. The predicted molar refractivity (Wildman–Crippen MR) is 56.8 cm³/mol. The van der Waals surface area contributed by atoms with Crippen molar-refractivity contribution >= 4 is 5.69 Å². The minimum atomic E-state index is 0.319. The van der Waals surface area contributed by atoms with Crippen molar-refractivity contribution in [3.63, 3.8) is 0 Å². The number of ether oxygens (including phenoxy) is 1. The number of nitrogens with two attached hydrogens (primary N) is 1. The highest BCUT2D eigenvalue weighted by Crippen LogP contribution is 2.10. The van der Waals surface area contributed by atoms with Gasteiger partial charge in [-0.25, -0.2) is 4.68 Å². The van der Waals surface area contributed by atoms with E-state index >= 15 is 0 Å². The number of nitrogens with zero attached hydrogens (tertiary/aromatic N) is 2. The molecule has 0 atom stereocenters. The van der Waals surface area contributed by atoms with Gasteiger partial charge in [0.25, 0.3) is 0 Å². The van der Waals surface area contributed by atoms with Crippen molar-refractivity contribution in [3.05, 3.63) is 11.9 Å². The summed E-state index contributed by atoms with van der Waals surface area (Å²) < 4.78 is 7.45. The molecule has 4 heteroatoms. The molecule has 1 rings (SSSR count). The lowest BCUT2D eigenvalue weighted by Gasteiger charge is -2.14. The Kier molecular flexibility index (Phi) is 3.95. The van der Waals surface area contributed by atoms with Crippen molar-refractivity contribution in [2.45, 2.75) is 46.4 Å². The summed E-state index contributed by atoms with van der Waals surface area (Å²) in [4.78, 5) is 0. The SMILES string of the molecule is CCC(CC)OCn1ncc(N)c1C. The molecular weight excluding hydrogens is 178 g/mol. The molecule has 0 radical (unpaired) electrons. The quantitative estimate of drug-likeness (QED) is 0.784. The van der Waals surface area contributed by atoms with Crippen molar-refractivity contribution in [3.8, 4) is 0 Å². The Labute approximate surface area is 85.0 Å². The van der Waals surface area contributed by atoms with E-state index in [1.807, 2.05) is 6.92 Å². The van der Waals surface area contributed by atoms with Crippen LogP contribution in [0.1, 0.15) is 32.4 Å². The molecule has 0 aliphatic heterocycles. The maximum atomic E-state index is 5.67. The van der Waals surface area contributed by atoms with Crippen LogP contribution in [0.3, 0.4) is 0 Å². The van der Waals surface area contributed by atoms with Gasteiger partial charge in [-0.05, 0) is 19.8 Å². The zero-order valence-electron chi connectivity index (χ0n) is 9.16. The van der Waals surface area contributed by atoms with Gasteiger partial charge >= 0.3 is 0 Å². The molecule has 0 aliphatic rings. The molecule has 2 N–H and O–H groups in total. The summed E-state index contributed by atoms with van der Waals surface area (Å²) in [5.74, 6) is 0. The maximum absolute atomic E-state index is 5.67. The molecule has 0 bridgehead atoms. The first-order valence-corrected chi connectivity index (χ1v) is 5.08. The summed E-state index contributed by atoms with van der Waals surface area (Å²) in [5, 5.41) is 4.12. The highest BCUT2D eigenvalue weighted by molar-refractivity contribution is 5.39. The molecule has 1 heterocycles. The molecule has 0 saturated carbocycles. The van der Waals surface area contributed by atoms with E-state index in [0.29, 0.717) is 12.8 Å². The number of anilines is 1. The molecule has 0 saturated heterocycles. The molecule has 0 spiro atoms. The van der Waals surface area contributed by atoms with Crippen LogP contribution in [0.2, 0.25) is 0 Å². The predicted octanol–water partition coefficient (Wildman–Crippen LogP) is 1.94. The van der Waals surface area contributed by atoms with Gasteiger partial charge in [-0.15, -0.1) is 0 Å². The maximum Gasteiger partial charge on any atom is 0.140 e. The van der Waals surface area contributed by atoms with Gasteiger partial charge < -0.3 is 10.5 Å². The standard InChI is InChI=1S/C10H19N3O/c1-4-9(5-2)14-7-13-8(3)10(11)6-12-13/h6,9H,4-5,7,11H2,1-3H3. The smallest absolute Gasteiger partial charge is 0.140 e. The zero-order chi connectivity index (χ0) is 10.6. The van der Waals surface area contributed by atoms with Crippen LogP contribution in [0.5, 0.6) is 0 Å². The van der Waals surface area contributed by atoms with Crippen LogP contribution < -0.4 is 5.73 Å². The van der Waals surface area contributed by atoms with Crippen LogP contribution in [0.15, 0.2) is 6.20 Å². The van der Waals surface area contributed by atoms with E-state index < -0.39 is 0 Å². The first-order valence-electron chi connectivity index (χ1n) is 5.08. The Morgan fingerprint density at radius 3 is 2.57 bits per heavy atom. The van der Waals surface area contributed by atoms with Gasteiger partial charge in [0.05, 0.1) is 23.7 Å². The summed E-state index contributed by atoms with van der Waals surface area (Å²) in [6, 6.07) is 0. The van der Waals surface area contributed by atoms with Gasteiger partial charge in [0.15, 0.2) is 0 Å². The van der Waals surface area contributed by atoms with E-state index in [9.17, 15) is 0 Å². The summed E-state index contributed by atoms with van der Waals surface area (Å²) >= 11 is 0. The van der Waals surface area contributed by atoms with Crippen molar-refractivity contribution < 1.29 is 4.74 Å². The average Bonchev–Trinajstić information content (AvgIpc) is 2.51. The third-order valence-corrected chi connectivity index (χ3v) is 2.48. The van der Waals surface area contributed by atoms with Crippen molar-refractivity contribution in [1.82, 2.24) is 9.78 Å². The highest BCUT2D eigenvalue weighted by Gasteiger charge is 2.06. The van der Waals surface area contributed by atoms with Gasteiger partial charge in [0.1, 0.15) is 6.73 Å². The van der Waals surface area contributed by atoms with Gasteiger partial charge in [0.2, 0.25) is 0 Å². The van der Waals surface area contributed by atoms with E-state index in [1.54, 1.807) is 10.9 Å². The Hall–Kier alpha value is -1.03. The lowest BCUT2D eigenvalue weighted by molar-refractivity contribution is -0.00347. The summed E-state index contributed by atoms with van der Waals surface area (Å²) in [5.41, 5.74) is 7.36. The molecule has 0 aliphatic carbocycles. The number of nitrogen functional groups attached to an aromatic ring is 1. The molecule has 0 fully saturated rings. The van der Waals surface area contributed by atoms with Crippen LogP contribution in [0.25, 0.3) is 0 Å². The highest BCUT2D eigenvalue weighted by atomic mass is 16.5. The first kappa shape index (κ1) is 11.0. The average molecular weight is 197 g/mol. The molecule has 0 amide bonds. The second-order valence-corrected chi connectivity index (χ2v) is 3.42. The van der Waals surface area contributed by atoms with Crippen LogP contribution in [0, 0.1) is 6.92 Å². The first-order chi connectivity index (χ1) is 6.69. The topological polar surface area (TPSA) is 53.1 Å². The van der Waals surface area contributed by atoms with E-state index in [2.05, 4.69) is 18.9 Å². The largest absolute Gasteiger partial charge is 0.396 e. The molecule has 1 aromatic rings. The van der Waals surface area contributed by atoms with Crippen molar-refractivity contribution in [2.75, 3.05) is 5.73 Å². The number of hydrogen-bond acceptors (Lipinski definition) is 3. The van der Waals surface area contributed by atoms with Gasteiger partial charge in [-0.1, -0.05) is 13.8 Å². The lowest BCUT2D eigenvalue weighted by Crippen LogP contribution is -2.15. The molecule has 4 nitrogen and oxygen atoms in total. The Balaban J connectivity index is 2.49. The minimum absolute atomic E-state index is 0.319. The van der Waals surface area contributed by atoms with Crippen molar-refractivity contribution in [2.24, 2.45) is 0 Å². The zero-order valence-corrected chi connectivity index (χ0v) is 9.16. The fourth-order valence-corrected chi connectivity index (χ4v) is 1.29. The fraction of sp³-hybridized carbons (Fsp3) is 0.700. The molecule has 80 valence electrons. The Morgan fingerprint density at radius 1 is 1.50 bits per heavy atom. The van der Waals surface area contributed by atoms with Crippen LogP contribution in [0.4, 0.5) is 5.69 Å². The molecule has 14 heavy (non-hydrogen) atoms. The van der Waals surface area contributed by atoms with Crippen LogP contribution in [-0.2, 0) is 11.5 Å². The van der Waals surface area contributed by atoms with Gasteiger partial charge in [-0.2, -0.15) is 5.10 Å². The van der Waals surface area contributed by atoms with E-state index in [-0.39, 0.29) is 0 Å². The van der Waals surface area contributed by atoms with Crippen molar-refractivity contribution in [1.29, 1.82) is 0 Å². The Bertz CT molecular complexity index is 279. The molecule has 1 aromatic heterocycles. The van der Waals surface area contributed by atoms with Gasteiger partial charge in [-0.3, -0.25) is 0 Å². The molecule has 0 unspecified atom stereocenters. The van der Waals surface area contributed by atoms with E-state index in [4.69, 9.17) is 10.5 Å². The summed E-state index contributed by atoms with van der Waals surface area (Å²) in [6.07, 6.45) is 4.05. The fourth-order valence-electron chi connectivity index (χ4n) is 1.29. The van der Waals surface area contributed by atoms with Crippen LogP contribution in [-0.4, -0.2) is 15.9 Å². The molecule has 0 aromatic carbocycles. The van der Waals surface area contributed by atoms with E-state index in [1.165, 1.54) is 0 Å². The number of hydrogen-bond donors (Lipinski definition) is 1. The van der Waals surface area contributed by atoms with Crippen LogP contribution >= 0.6 is 0 Å². The van der Waals surface area contributed by atoms with E-state index in [0.717, 1.165) is 24.2 Å². The lowest BCUT2D eigenvalue weighted by atomic mass is 10.2. The minimum Gasteiger partial charge on any atom is -0.396 e. The molecular formula is C10H19N3O. The third-order valence-electron chi connectivity index (χ3n) is 2.48. The second-order valence-electron chi connectivity index (χ2n) is 3.42. The monoisotopic (exact) mass is 197 g/mol. The third kappa shape index (κ3) is 2.48. The summed E-state index contributed by atoms with van der Waals surface area (Å²) in [6.45, 7) is 6.69. The normalized spacial score (nSPS) is 11.1. The summed E-state index contributed by atoms with van der Waals surface area (Å²) in [7, 11) is 0. The second kappa shape index (κ2) is 5.00.